The maximum atomic E-state index is 12.3. The Kier molecular flexibility index (Phi) is 3.49. The van der Waals surface area contributed by atoms with Gasteiger partial charge in [-0.05, 0) is 34.7 Å². The van der Waals surface area contributed by atoms with Gasteiger partial charge in [-0.3, -0.25) is 0 Å². The highest BCUT2D eigenvalue weighted by molar-refractivity contribution is 14.1. The Labute approximate surface area is 101 Å². The molecule has 0 radical (unpaired) electrons. The zero-order valence-corrected chi connectivity index (χ0v) is 9.81. The highest BCUT2D eigenvalue weighted by atomic mass is 127. The highest BCUT2D eigenvalue weighted by Gasteiger charge is 2.32. The first kappa shape index (κ1) is 12.6. The maximum absolute atomic E-state index is 12.3. The fourth-order valence-corrected chi connectivity index (χ4v) is 1.67. The van der Waals surface area contributed by atoms with Crippen LogP contribution >= 0.6 is 34.2 Å². The second-order valence-corrected chi connectivity index (χ2v) is 4.11. The first-order chi connectivity index (χ1) is 6.73. The molecule has 0 saturated heterocycles. The predicted molar refractivity (Wildman–Crippen MR) is 56.1 cm³/mol. The van der Waals surface area contributed by atoms with E-state index in [0.29, 0.717) is 12.1 Å². The number of rotatable bonds is 1. The van der Waals surface area contributed by atoms with Crippen LogP contribution in [0.1, 0.15) is 15.9 Å². The van der Waals surface area contributed by atoms with E-state index in [9.17, 15) is 18.0 Å². The fourth-order valence-electron chi connectivity index (χ4n) is 0.908. The first-order valence-electron chi connectivity index (χ1n) is 3.53. The SMILES string of the molecule is O=C(O)c1cc(C(F)(F)F)cc(Cl)c1I. The molecule has 15 heavy (non-hydrogen) atoms. The number of halogens is 5. The third-order valence-electron chi connectivity index (χ3n) is 1.59. The molecule has 0 atom stereocenters. The molecule has 0 spiro atoms. The number of hydrogen-bond acceptors (Lipinski definition) is 1. The summed E-state index contributed by atoms with van der Waals surface area (Å²) in [5, 5.41) is 8.43. The van der Waals surface area contributed by atoms with E-state index in [-0.39, 0.29) is 8.59 Å². The van der Waals surface area contributed by atoms with Gasteiger partial charge in [-0.25, -0.2) is 4.79 Å². The average Bonchev–Trinajstić information content (AvgIpc) is 2.06. The van der Waals surface area contributed by atoms with Crippen LogP contribution in [0.3, 0.4) is 0 Å². The molecule has 82 valence electrons. The van der Waals surface area contributed by atoms with Crippen LogP contribution < -0.4 is 0 Å². The minimum absolute atomic E-state index is 0.0924. The van der Waals surface area contributed by atoms with Crippen LogP contribution in [0.25, 0.3) is 0 Å². The zero-order valence-electron chi connectivity index (χ0n) is 6.90. The van der Waals surface area contributed by atoms with Crippen molar-refractivity contribution in [2.75, 3.05) is 0 Å². The monoisotopic (exact) mass is 350 g/mol. The highest BCUT2D eigenvalue weighted by Crippen LogP contribution is 2.34. The molecule has 1 aromatic rings. The van der Waals surface area contributed by atoms with Gasteiger partial charge in [0.2, 0.25) is 0 Å². The van der Waals surface area contributed by atoms with E-state index in [2.05, 4.69) is 0 Å². The van der Waals surface area contributed by atoms with Crippen molar-refractivity contribution in [3.8, 4) is 0 Å². The van der Waals surface area contributed by atoms with E-state index in [1.807, 2.05) is 0 Å². The Morgan fingerprint density at radius 2 is 1.93 bits per heavy atom. The van der Waals surface area contributed by atoms with Gasteiger partial charge in [-0.15, -0.1) is 0 Å². The summed E-state index contributed by atoms with van der Waals surface area (Å²) in [4.78, 5) is 10.6. The molecule has 0 aliphatic rings. The molecule has 1 N–H and O–H groups in total. The Morgan fingerprint density at radius 3 is 2.33 bits per heavy atom. The summed E-state index contributed by atoms with van der Waals surface area (Å²) in [6.45, 7) is 0. The molecule has 0 amide bonds. The van der Waals surface area contributed by atoms with Crippen molar-refractivity contribution in [3.63, 3.8) is 0 Å². The van der Waals surface area contributed by atoms with Crippen molar-refractivity contribution < 1.29 is 23.1 Å². The van der Waals surface area contributed by atoms with Crippen molar-refractivity contribution in [2.45, 2.75) is 6.18 Å². The first-order valence-corrected chi connectivity index (χ1v) is 4.98. The summed E-state index contributed by atoms with van der Waals surface area (Å²) in [6, 6.07) is 1.27. The normalized spacial score (nSPS) is 11.5. The lowest BCUT2D eigenvalue weighted by atomic mass is 10.1. The van der Waals surface area contributed by atoms with Gasteiger partial charge in [0.25, 0.3) is 0 Å². The number of aromatic carboxylic acids is 1. The van der Waals surface area contributed by atoms with Gasteiger partial charge in [-0.2, -0.15) is 13.2 Å². The number of carbonyl (C=O) groups is 1. The molecule has 0 heterocycles. The Balaban J connectivity index is 3.43. The molecule has 0 fully saturated rings. The molecular weight excluding hydrogens is 347 g/mol. The van der Waals surface area contributed by atoms with Gasteiger partial charge >= 0.3 is 12.1 Å². The summed E-state index contributed by atoms with van der Waals surface area (Å²) in [6.07, 6.45) is -4.60. The molecular formula is C8H3ClF3IO2. The van der Waals surface area contributed by atoms with Crippen LogP contribution in [0.4, 0.5) is 13.2 Å². The molecule has 2 nitrogen and oxygen atoms in total. The summed E-state index contributed by atoms with van der Waals surface area (Å²) >= 11 is 7.08. The van der Waals surface area contributed by atoms with Crippen molar-refractivity contribution >= 4 is 40.2 Å². The van der Waals surface area contributed by atoms with E-state index in [4.69, 9.17) is 16.7 Å². The maximum Gasteiger partial charge on any atom is 0.416 e. The van der Waals surface area contributed by atoms with Crippen molar-refractivity contribution in [1.29, 1.82) is 0 Å². The van der Waals surface area contributed by atoms with Crippen LogP contribution in [0, 0.1) is 3.57 Å². The number of alkyl halides is 3. The van der Waals surface area contributed by atoms with E-state index in [1.165, 1.54) is 0 Å². The van der Waals surface area contributed by atoms with Crippen LogP contribution in [0.5, 0.6) is 0 Å². The van der Waals surface area contributed by atoms with Crippen molar-refractivity contribution in [3.05, 3.63) is 31.9 Å². The number of carboxylic acids is 1. The lowest BCUT2D eigenvalue weighted by Crippen LogP contribution is -2.09. The van der Waals surface area contributed by atoms with E-state index in [1.54, 1.807) is 22.6 Å². The van der Waals surface area contributed by atoms with Gasteiger partial charge in [0.15, 0.2) is 0 Å². The largest absolute Gasteiger partial charge is 0.478 e. The Morgan fingerprint density at radius 1 is 1.40 bits per heavy atom. The Bertz CT molecular complexity index is 417. The summed E-state index contributed by atoms with van der Waals surface area (Å²) in [5.41, 5.74) is -1.51. The summed E-state index contributed by atoms with van der Waals surface area (Å²) in [5.74, 6) is -1.44. The van der Waals surface area contributed by atoms with Crippen LogP contribution in [0.15, 0.2) is 12.1 Å². The number of benzene rings is 1. The lowest BCUT2D eigenvalue weighted by Gasteiger charge is -2.09. The molecule has 7 heteroatoms. The van der Waals surface area contributed by atoms with E-state index >= 15 is 0 Å². The minimum Gasteiger partial charge on any atom is -0.478 e. The second kappa shape index (κ2) is 4.17. The van der Waals surface area contributed by atoms with Gasteiger partial charge in [-0.1, -0.05) is 11.6 Å². The smallest absolute Gasteiger partial charge is 0.416 e. The second-order valence-electron chi connectivity index (χ2n) is 2.62. The average molecular weight is 350 g/mol. The topological polar surface area (TPSA) is 37.3 Å². The quantitative estimate of drug-likeness (QED) is 0.785. The van der Waals surface area contributed by atoms with E-state index in [0.717, 1.165) is 0 Å². The molecule has 0 bridgehead atoms. The third kappa shape index (κ3) is 2.75. The fraction of sp³-hybridized carbons (Fsp3) is 0.125. The Hall–Kier alpha value is -0.500. The zero-order chi connectivity index (χ0) is 11.8. The summed E-state index contributed by atoms with van der Waals surface area (Å²) < 4.78 is 37.0. The van der Waals surface area contributed by atoms with E-state index < -0.39 is 23.3 Å². The summed E-state index contributed by atoms with van der Waals surface area (Å²) in [7, 11) is 0. The minimum atomic E-state index is -4.60. The molecule has 0 aromatic heterocycles. The van der Waals surface area contributed by atoms with Crippen molar-refractivity contribution in [2.24, 2.45) is 0 Å². The van der Waals surface area contributed by atoms with Gasteiger partial charge in [0.1, 0.15) is 0 Å². The predicted octanol–water partition coefficient (Wildman–Crippen LogP) is 3.66. The van der Waals surface area contributed by atoms with Gasteiger partial charge in [0.05, 0.1) is 16.1 Å². The molecule has 0 saturated carbocycles. The van der Waals surface area contributed by atoms with Crippen LogP contribution in [-0.2, 0) is 6.18 Å². The molecule has 0 unspecified atom stereocenters. The standard InChI is InChI=1S/C8H3ClF3IO2/c9-5-2-3(8(10,11)12)1-4(6(5)13)7(14)15/h1-2H,(H,14,15). The molecule has 1 aromatic carbocycles. The van der Waals surface area contributed by atoms with Crippen molar-refractivity contribution in [1.82, 2.24) is 0 Å². The van der Waals surface area contributed by atoms with Crippen LogP contribution in [-0.4, -0.2) is 11.1 Å². The van der Waals surface area contributed by atoms with Gasteiger partial charge < -0.3 is 5.11 Å². The lowest BCUT2D eigenvalue weighted by molar-refractivity contribution is -0.137. The molecule has 1 rings (SSSR count). The third-order valence-corrected chi connectivity index (χ3v) is 3.37. The number of hydrogen-bond donors (Lipinski definition) is 1. The van der Waals surface area contributed by atoms with Crippen LogP contribution in [0.2, 0.25) is 5.02 Å². The molecule has 0 aliphatic carbocycles. The van der Waals surface area contributed by atoms with Gasteiger partial charge in [0, 0.05) is 3.57 Å². The molecule has 0 aliphatic heterocycles. The number of carboxylic acid groups (broad SMARTS) is 1.